The van der Waals surface area contributed by atoms with Crippen LogP contribution in [0.5, 0.6) is 5.75 Å². The van der Waals surface area contributed by atoms with Gasteiger partial charge in [0.15, 0.2) is 6.61 Å². The molecule has 0 aliphatic heterocycles. The summed E-state index contributed by atoms with van der Waals surface area (Å²) < 4.78 is 38.4. The van der Waals surface area contributed by atoms with Gasteiger partial charge in [-0.2, -0.15) is 5.10 Å². The molecule has 1 aromatic heterocycles. The standard InChI is InChI=1S/C29H28N4O6S/c1-22-9-15-27(16-10-22)40(36,37)33(24-6-3-2-4-7-24)20-28(34)32-31-18-23-11-13-25(14-12-23)39-21-29(35)30-19-26-8-5-17-38-26/h2-18H,19-21H2,1H3,(H,30,35)(H,32,34)/b31-18-. The van der Waals surface area contributed by atoms with Crippen LogP contribution in [0.2, 0.25) is 0 Å². The van der Waals surface area contributed by atoms with Crippen molar-refractivity contribution in [1.29, 1.82) is 0 Å². The van der Waals surface area contributed by atoms with Crippen molar-refractivity contribution in [3.63, 3.8) is 0 Å². The van der Waals surface area contributed by atoms with Crippen molar-refractivity contribution in [2.75, 3.05) is 17.5 Å². The van der Waals surface area contributed by atoms with Crippen molar-refractivity contribution >= 4 is 33.7 Å². The van der Waals surface area contributed by atoms with Gasteiger partial charge in [-0.05, 0) is 73.2 Å². The highest BCUT2D eigenvalue weighted by atomic mass is 32.2. The van der Waals surface area contributed by atoms with Crippen LogP contribution in [0.3, 0.4) is 0 Å². The highest BCUT2D eigenvalue weighted by molar-refractivity contribution is 7.92. The summed E-state index contributed by atoms with van der Waals surface area (Å²) in [4.78, 5) is 24.7. The Morgan fingerprint density at radius 3 is 2.33 bits per heavy atom. The van der Waals surface area contributed by atoms with E-state index in [9.17, 15) is 18.0 Å². The van der Waals surface area contributed by atoms with E-state index < -0.39 is 22.5 Å². The van der Waals surface area contributed by atoms with E-state index in [1.807, 2.05) is 6.92 Å². The number of para-hydroxylation sites is 1. The molecule has 1 heterocycles. The van der Waals surface area contributed by atoms with Crippen molar-refractivity contribution in [3.8, 4) is 5.75 Å². The molecule has 0 saturated heterocycles. The van der Waals surface area contributed by atoms with E-state index in [1.165, 1.54) is 24.6 Å². The first-order valence-electron chi connectivity index (χ1n) is 12.3. The number of hydrogen-bond donors (Lipinski definition) is 2. The van der Waals surface area contributed by atoms with Crippen molar-refractivity contribution in [2.45, 2.75) is 18.4 Å². The molecule has 0 radical (unpaired) electrons. The number of anilines is 1. The van der Waals surface area contributed by atoms with Gasteiger partial charge in [-0.15, -0.1) is 0 Å². The van der Waals surface area contributed by atoms with E-state index in [4.69, 9.17) is 9.15 Å². The number of ether oxygens (including phenoxy) is 1. The number of hydrogen-bond acceptors (Lipinski definition) is 7. The molecule has 0 spiro atoms. The van der Waals surface area contributed by atoms with E-state index in [1.54, 1.807) is 78.9 Å². The summed E-state index contributed by atoms with van der Waals surface area (Å²) in [5.74, 6) is 0.217. The number of hydrazone groups is 1. The third-order valence-corrected chi connectivity index (χ3v) is 7.42. The fraction of sp³-hybridized carbons (Fsp3) is 0.138. The zero-order chi connectivity index (χ0) is 28.4. The van der Waals surface area contributed by atoms with Gasteiger partial charge in [0.05, 0.1) is 29.6 Å². The topological polar surface area (TPSA) is 130 Å². The molecule has 0 fully saturated rings. The lowest BCUT2D eigenvalue weighted by Crippen LogP contribution is -2.39. The average Bonchev–Trinajstić information content (AvgIpc) is 3.49. The molecular formula is C29H28N4O6S. The van der Waals surface area contributed by atoms with Gasteiger partial charge in [0.25, 0.3) is 21.8 Å². The first kappa shape index (κ1) is 28.1. The number of carbonyl (C=O) groups excluding carboxylic acids is 2. The Morgan fingerprint density at radius 1 is 0.925 bits per heavy atom. The third kappa shape index (κ3) is 7.81. The van der Waals surface area contributed by atoms with E-state index in [2.05, 4.69) is 15.8 Å². The molecule has 0 bridgehead atoms. The molecule has 40 heavy (non-hydrogen) atoms. The van der Waals surface area contributed by atoms with Gasteiger partial charge < -0.3 is 14.5 Å². The second-order valence-corrected chi connectivity index (χ2v) is 10.5. The molecule has 2 N–H and O–H groups in total. The molecule has 0 saturated carbocycles. The zero-order valence-corrected chi connectivity index (χ0v) is 22.5. The summed E-state index contributed by atoms with van der Waals surface area (Å²) in [5, 5.41) is 6.64. The van der Waals surface area contributed by atoms with Gasteiger partial charge in [-0.25, -0.2) is 13.8 Å². The summed E-state index contributed by atoms with van der Waals surface area (Å²) in [5.41, 5.74) is 4.31. The molecule has 206 valence electrons. The largest absolute Gasteiger partial charge is 0.484 e. The van der Waals surface area contributed by atoms with Gasteiger partial charge in [0, 0.05) is 0 Å². The summed E-state index contributed by atoms with van der Waals surface area (Å²) in [6, 6.07) is 25.0. The molecule has 0 aliphatic rings. The maximum atomic E-state index is 13.4. The molecule has 0 atom stereocenters. The minimum atomic E-state index is -4.00. The lowest BCUT2D eigenvalue weighted by atomic mass is 10.2. The lowest BCUT2D eigenvalue weighted by molar-refractivity contribution is -0.123. The molecular weight excluding hydrogens is 532 g/mol. The van der Waals surface area contributed by atoms with Crippen LogP contribution in [0.1, 0.15) is 16.9 Å². The number of nitrogens with one attached hydrogen (secondary N) is 2. The molecule has 4 aromatic rings. The first-order chi connectivity index (χ1) is 19.3. The lowest BCUT2D eigenvalue weighted by Gasteiger charge is -2.23. The number of aryl methyl sites for hydroxylation is 1. The molecule has 0 aliphatic carbocycles. The molecule has 11 heteroatoms. The summed E-state index contributed by atoms with van der Waals surface area (Å²) in [6.45, 7) is 1.51. The van der Waals surface area contributed by atoms with Gasteiger partial charge >= 0.3 is 0 Å². The predicted molar refractivity (Wildman–Crippen MR) is 150 cm³/mol. The molecule has 2 amide bonds. The summed E-state index contributed by atoms with van der Waals surface area (Å²) >= 11 is 0. The van der Waals surface area contributed by atoms with E-state index >= 15 is 0 Å². The van der Waals surface area contributed by atoms with Crippen LogP contribution < -0.4 is 19.8 Å². The fourth-order valence-electron chi connectivity index (χ4n) is 3.54. The number of sulfonamides is 1. The molecule has 4 rings (SSSR count). The SMILES string of the molecule is Cc1ccc(S(=O)(=O)N(CC(=O)N/N=C\c2ccc(OCC(=O)NCc3ccco3)cc2)c2ccccc2)cc1. The van der Waals surface area contributed by atoms with Gasteiger partial charge in [-0.1, -0.05) is 35.9 Å². The second kappa shape index (κ2) is 13.3. The average molecular weight is 561 g/mol. The number of rotatable bonds is 12. The van der Waals surface area contributed by atoms with Crippen molar-refractivity contribution in [1.82, 2.24) is 10.7 Å². The van der Waals surface area contributed by atoms with Crippen LogP contribution >= 0.6 is 0 Å². The first-order valence-corrected chi connectivity index (χ1v) is 13.7. The minimum Gasteiger partial charge on any atom is -0.484 e. The smallest absolute Gasteiger partial charge is 0.264 e. The Balaban J connectivity index is 1.31. The predicted octanol–water partition coefficient (Wildman–Crippen LogP) is 3.63. The Morgan fingerprint density at radius 2 is 1.65 bits per heavy atom. The highest BCUT2D eigenvalue weighted by Crippen LogP contribution is 2.23. The van der Waals surface area contributed by atoms with Crippen LogP contribution in [0.25, 0.3) is 0 Å². The molecule has 0 unspecified atom stereocenters. The summed E-state index contributed by atoms with van der Waals surface area (Å²) in [7, 11) is -4.00. The second-order valence-electron chi connectivity index (χ2n) is 8.67. The van der Waals surface area contributed by atoms with Gasteiger partial charge in [0.2, 0.25) is 0 Å². The fourth-order valence-corrected chi connectivity index (χ4v) is 4.96. The van der Waals surface area contributed by atoms with E-state index in [0.29, 0.717) is 22.8 Å². The highest BCUT2D eigenvalue weighted by Gasteiger charge is 2.27. The van der Waals surface area contributed by atoms with Crippen molar-refractivity contribution in [3.05, 3.63) is 114 Å². The quantitative estimate of drug-likeness (QED) is 0.201. The van der Waals surface area contributed by atoms with Gasteiger partial charge in [0.1, 0.15) is 18.1 Å². The van der Waals surface area contributed by atoms with Crippen molar-refractivity contribution < 1.29 is 27.2 Å². The number of carbonyl (C=O) groups is 2. The Bertz CT molecular complexity index is 1540. The Kier molecular flexibility index (Phi) is 9.31. The summed E-state index contributed by atoms with van der Waals surface area (Å²) in [6.07, 6.45) is 2.95. The number of benzene rings is 3. The van der Waals surface area contributed by atoms with Crippen LogP contribution in [0.4, 0.5) is 5.69 Å². The van der Waals surface area contributed by atoms with Crippen LogP contribution in [0, 0.1) is 6.92 Å². The number of amides is 2. The molecule has 10 nitrogen and oxygen atoms in total. The van der Waals surface area contributed by atoms with E-state index in [0.717, 1.165) is 9.87 Å². The van der Waals surface area contributed by atoms with E-state index in [-0.39, 0.29) is 24.0 Å². The zero-order valence-electron chi connectivity index (χ0n) is 21.7. The normalized spacial score (nSPS) is 11.2. The van der Waals surface area contributed by atoms with Crippen molar-refractivity contribution in [2.24, 2.45) is 5.10 Å². The van der Waals surface area contributed by atoms with Crippen LogP contribution in [-0.2, 0) is 26.2 Å². The maximum absolute atomic E-state index is 13.4. The number of nitrogens with zero attached hydrogens (tertiary/aromatic N) is 2. The molecule has 3 aromatic carbocycles. The minimum absolute atomic E-state index is 0.0792. The monoisotopic (exact) mass is 560 g/mol. The van der Waals surface area contributed by atoms with Crippen LogP contribution in [0.15, 0.2) is 112 Å². The third-order valence-electron chi connectivity index (χ3n) is 5.63. The Hall–Kier alpha value is -4.90. The number of furan rings is 1. The maximum Gasteiger partial charge on any atom is 0.264 e. The Labute approximate surface area is 232 Å². The van der Waals surface area contributed by atoms with Gasteiger partial charge in [-0.3, -0.25) is 13.9 Å². The van der Waals surface area contributed by atoms with Crippen LogP contribution in [-0.4, -0.2) is 39.6 Å².